The average Bonchev–Trinajstić information content (AvgIpc) is 2.48. The molecule has 1 amide bonds. The molecule has 0 bridgehead atoms. The lowest BCUT2D eigenvalue weighted by Gasteiger charge is -2.25. The second-order valence-electron chi connectivity index (χ2n) is 4.82. The van der Waals surface area contributed by atoms with Crippen LogP contribution in [-0.4, -0.2) is 20.9 Å². The molecule has 0 saturated heterocycles. The van der Waals surface area contributed by atoms with E-state index in [-0.39, 0.29) is 4.90 Å². The van der Waals surface area contributed by atoms with Crippen LogP contribution in [0, 0.1) is 6.92 Å². The van der Waals surface area contributed by atoms with Gasteiger partial charge in [0.15, 0.2) is 0 Å². The van der Waals surface area contributed by atoms with Crippen LogP contribution in [0.15, 0.2) is 47.4 Å². The number of anilines is 1. The molecule has 0 atom stereocenters. The van der Waals surface area contributed by atoms with Gasteiger partial charge in [-0.15, -0.1) is 0 Å². The van der Waals surface area contributed by atoms with E-state index in [4.69, 9.17) is 28.9 Å². The smallest absolute Gasteiger partial charge is 0.264 e. The summed E-state index contributed by atoms with van der Waals surface area (Å²) in [5.41, 5.74) is 6.05. The van der Waals surface area contributed by atoms with Crippen LogP contribution in [0.5, 0.6) is 0 Å². The Labute approximate surface area is 144 Å². The van der Waals surface area contributed by atoms with Crippen molar-refractivity contribution in [3.63, 3.8) is 0 Å². The summed E-state index contributed by atoms with van der Waals surface area (Å²) in [6, 6.07) is 10.5. The molecule has 0 unspecified atom stereocenters. The van der Waals surface area contributed by atoms with Crippen LogP contribution in [0.1, 0.15) is 5.56 Å². The molecule has 2 aromatic carbocycles. The molecular formula is C15H14Cl2N2O3S. The van der Waals surface area contributed by atoms with Gasteiger partial charge in [-0.1, -0.05) is 29.3 Å². The van der Waals surface area contributed by atoms with E-state index in [1.807, 2.05) is 0 Å². The highest BCUT2D eigenvalue weighted by molar-refractivity contribution is 7.92. The Kier molecular flexibility index (Phi) is 5.19. The van der Waals surface area contributed by atoms with Crippen molar-refractivity contribution in [2.45, 2.75) is 11.8 Å². The molecule has 8 heteroatoms. The van der Waals surface area contributed by atoms with Gasteiger partial charge in [0.05, 0.1) is 10.6 Å². The van der Waals surface area contributed by atoms with E-state index >= 15 is 0 Å². The molecule has 0 saturated carbocycles. The zero-order valence-corrected chi connectivity index (χ0v) is 14.5. The number of rotatable bonds is 5. The monoisotopic (exact) mass is 372 g/mol. The molecule has 0 aliphatic rings. The number of carbonyl (C=O) groups excluding carboxylic acids is 1. The maximum Gasteiger partial charge on any atom is 0.264 e. The molecule has 0 spiro atoms. The Morgan fingerprint density at radius 3 is 2.30 bits per heavy atom. The van der Waals surface area contributed by atoms with Gasteiger partial charge in [0.2, 0.25) is 5.91 Å². The minimum absolute atomic E-state index is 0.00234. The molecule has 23 heavy (non-hydrogen) atoms. The fourth-order valence-electron chi connectivity index (χ4n) is 2.04. The van der Waals surface area contributed by atoms with Crippen molar-refractivity contribution in [1.29, 1.82) is 0 Å². The number of nitrogens with two attached hydrogens (primary N) is 1. The van der Waals surface area contributed by atoms with E-state index < -0.39 is 22.5 Å². The van der Waals surface area contributed by atoms with Crippen LogP contribution in [0.2, 0.25) is 10.0 Å². The standard InChI is InChI=1S/C15H14Cl2N2O3S/c1-10-13(17)3-2-4-14(10)19(9-15(18)20)23(21,22)12-7-5-11(16)6-8-12/h2-8H,9H2,1H3,(H2,18,20). The second-order valence-corrected chi connectivity index (χ2v) is 7.52. The summed E-state index contributed by atoms with van der Waals surface area (Å²) in [7, 11) is -3.99. The molecular weight excluding hydrogens is 359 g/mol. The topological polar surface area (TPSA) is 80.5 Å². The zero-order valence-electron chi connectivity index (χ0n) is 12.2. The molecule has 2 N–H and O–H groups in total. The maximum absolute atomic E-state index is 12.9. The fourth-order valence-corrected chi connectivity index (χ4v) is 3.83. The first-order chi connectivity index (χ1) is 10.7. The lowest BCUT2D eigenvalue weighted by molar-refractivity contribution is -0.116. The quantitative estimate of drug-likeness (QED) is 0.875. The summed E-state index contributed by atoms with van der Waals surface area (Å²) < 4.78 is 26.7. The Hall–Kier alpha value is -1.76. The normalized spacial score (nSPS) is 11.3. The fraction of sp³-hybridized carbons (Fsp3) is 0.133. The van der Waals surface area contributed by atoms with E-state index in [9.17, 15) is 13.2 Å². The molecule has 5 nitrogen and oxygen atoms in total. The molecule has 2 rings (SSSR count). The number of benzene rings is 2. The molecule has 2 aromatic rings. The number of hydrogen-bond acceptors (Lipinski definition) is 3. The number of carbonyl (C=O) groups is 1. The Balaban J connectivity index is 2.60. The first-order valence-corrected chi connectivity index (χ1v) is 8.75. The highest BCUT2D eigenvalue weighted by Crippen LogP contribution is 2.30. The Morgan fingerprint density at radius 2 is 1.74 bits per heavy atom. The molecule has 0 fully saturated rings. The summed E-state index contributed by atoms with van der Waals surface area (Å²) in [6.07, 6.45) is 0. The summed E-state index contributed by atoms with van der Waals surface area (Å²) in [5, 5.41) is 0.799. The molecule has 0 radical (unpaired) electrons. The predicted octanol–water partition coefficient (Wildman–Crippen LogP) is 2.98. The molecule has 0 aromatic heterocycles. The molecule has 0 heterocycles. The maximum atomic E-state index is 12.9. The van der Waals surface area contributed by atoms with Gasteiger partial charge in [0.1, 0.15) is 6.54 Å². The van der Waals surface area contributed by atoms with E-state index in [1.54, 1.807) is 25.1 Å². The first-order valence-electron chi connectivity index (χ1n) is 6.55. The van der Waals surface area contributed by atoms with Gasteiger partial charge in [-0.25, -0.2) is 8.42 Å². The van der Waals surface area contributed by atoms with Crippen LogP contribution < -0.4 is 10.0 Å². The van der Waals surface area contributed by atoms with Gasteiger partial charge in [-0.05, 0) is 48.9 Å². The molecule has 0 aliphatic heterocycles. The van der Waals surface area contributed by atoms with Gasteiger partial charge < -0.3 is 5.73 Å². The zero-order chi connectivity index (χ0) is 17.2. The van der Waals surface area contributed by atoms with Crippen molar-refractivity contribution in [3.05, 3.63) is 58.1 Å². The lowest BCUT2D eigenvalue weighted by atomic mass is 10.2. The number of halogens is 2. The minimum Gasteiger partial charge on any atom is -0.368 e. The van der Waals surface area contributed by atoms with Gasteiger partial charge >= 0.3 is 0 Å². The summed E-state index contributed by atoms with van der Waals surface area (Å²) in [5.74, 6) is -0.776. The Morgan fingerprint density at radius 1 is 1.13 bits per heavy atom. The highest BCUT2D eigenvalue weighted by Gasteiger charge is 2.28. The van der Waals surface area contributed by atoms with Crippen molar-refractivity contribution >= 4 is 44.8 Å². The van der Waals surface area contributed by atoms with Gasteiger partial charge in [0.25, 0.3) is 10.0 Å². The van der Waals surface area contributed by atoms with Crippen molar-refractivity contribution in [1.82, 2.24) is 0 Å². The summed E-state index contributed by atoms with van der Waals surface area (Å²) >= 11 is 11.8. The van der Waals surface area contributed by atoms with Gasteiger partial charge in [-0.3, -0.25) is 9.10 Å². The van der Waals surface area contributed by atoms with E-state index in [1.165, 1.54) is 24.3 Å². The number of primary amides is 1. The average molecular weight is 373 g/mol. The Bertz CT molecular complexity index is 836. The van der Waals surface area contributed by atoms with Crippen molar-refractivity contribution in [3.8, 4) is 0 Å². The number of amides is 1. The second kappa shape index (κ2) is 6.78. The SMILES string of the molecule is Cc1c(Cl)cccc1N(CC(N)=O)S(=O)(=O)c1ccc(Cl)cc1. The number of hydrogen-bond donors (Lipinski definition) is 1. The van der Waals surface area contributed by atoms with Crippen molar-refractivity contribution in [2.75, 3.05) is 10.8 Å². The summed E-state index contributed by atoms with van der Waals surface area (Å²) in [6.45, 7) is 1.18. The van der Waals surface area contributed by atoms with Crippen molar-refractivity contribution < 1.29 is 13.2 Å². The van der Waals surface area contributed by atoms with Crippen LogP contribution in [-0.2, 0) is 14.8 Å². The van der Waals surface area contributed by atoms with Gasteiger partial charge in [-0.2, -0.15) is 0 Å². The molecule has 0 aliphatic carbocycles. The van der Waals surface area contributed by atoms with Crippen molar-refractivity contribution in [2.24, 2.45) is 5.73 Å². The number of nitrogens with zero attached hydrogens (tertiary/aromatic N) is 1. The minimum atomic E-state index is -3.99. The highest BCUT2D eigenvalue weighted by atomic mass is 35.5. The molecule has 122 valence electrons. The third kappa shape index (κ3) is 3.77. The third-order valence-electron chi connectivity index (χ3n) is 3.21. The van der Waals surface area contributed by atoms with E-state index in [0.717, 1.165) is 4.31 Å². The summed E-state index contributed by atoms with van der Waals surface area (Å²) in [4.78, 5) is 11.4. The van der Waals surface area contributed by atoms with Crippen LogP contribution >= 0.6 is 23.2 Å². The van der Waals surface area contributed by atoms with Crippen LogP contribution in [0.3, 0.4) is 0 Å². The number of sulfonamides is 1. The predicted molar refractivity (Wildman–Crippen MR) is 91.4 cm³/mol. The van der Waals surface area contributed by atoms with E-state index in [2.05, 4.69) is 0 Å². The lowest BCUT2D eigenvalue weighted by Crippen LogP contribution is -2.39. The van der Waals surface area contributed by atoms with Crippen LogP contribution in [0.25, 0.3) is 0 Å². The van der Waals surface area contributed by atoms with E-state index in [0.29, 0.717) is 21.3 Å². The first kappa shape index (κ1) is 17.6. The third-order valence-corrected chi connectivity index (χ3v) is 5.64. The largest absolute Gasteiger partial charge is 0.368 e. The van der Waals surface area contributed by atoms with Gasteiger partial charge in [0, 0.05) is 10.0 Å². The van der Waals surface area contributed by atoms with Crippen LogP contribution in [0.4, 0.5) is 5.69 Å².